The van der Waals surface area contributed by atoms with Crippen LogP contribution in [0.4, 0.5) is 0 Å². The van der Waals surface area contributed by atoms with E-state index in [0.717, 1.165) is 30.0 Å². The number of piperazine rings is 1. The minimum absolute atomic E-state index is 0.0121. The largest absolute Gasteiger partial charge is 0.353 e. The second kappa shape index (κ2) is 8.87. The second-order valence-corrected chi connectivity index (χ2v) is 8.34. The van der Waals surface area contributed by atoms with Crippen LogP contribution in [0.3, 0.4) is 0 Å². The molecule has 1 aromatic rings. The molecule has 0 bridgehead atoms. The second-order valence-electron chi connectivity index (χ2n) is 8.34. The number of rotatable bonds is 7. The maximum absolute atomic E-state index is 12.8. The highest BCUT2D eigenvalue weighted by Crippen LogP contribution is 2.20. The van der Waals surface area contributed by atoms with Gasteiger partial charge in [0.05, 0.1) is 18.2 Å². The fraction of sp³-hybridized carbons (Fsp3) is 0.750. The molecule has 0 saturated carbocycles. The molecule has 27 heavy (non-hydrogen) atoms. The molecular formula is C20H35N5O2. The lowest BCUT2D eigenvalue weighted by Crippen LogP contribution is -2.57. The molecule has 2 rings (SSSR count). The molecule has 0 aromatic carbocycles. The topological polar surface area (TPSA) is 70.5 Å². The Bertz CT molecular complexity index is 680. The Morgan fingerprint density at radius 3 is 2.52 bits per heavy atom. The minimum Gasteiger partial charge on any atom is -0.353 e. The molecule has 1 aliphatic rings. The Labute approximate surface area is 163 Å². The molecule has 152 valence electrons. The van der Waals surface area contributed by atoms with Crippen molar-refractivity contribution in [1.29, 1.82) is 0 Å². The van der Waals surface area contributed by atoms with Crippen molar-refractivity contribution in [2.45, 2.75) is 66.6 Å². The fourth-order valence-electron chi connectivity index (χ4n) is 3.75. The molecule has 0 unspecified atom stereocenters. The van der Waals surface area contributed by atoms with E-state index < -0.39 is 0 Å². The average Bonchev–Trinajstić information content (AvgIpc) is 2.85. The van der Waals surface area contributed by atoms with Crippen molar-refractivity contribution < 1.29 is 9.59 Å². The number of hydrogen-bond acceptors (Lipinski definition) is 4. The molecule has 2 amide bonds. The molecule has 1 atom stereocenters. The minimum atomic E-state index is -0.378. The number of nitrogens with zero attached hydrogens (tertiary/aromatic N) is 4. The van der Waals surface area contributed by atoms with E-state index in [0.29, 0.717) is 19.0 Å². The Morgan fingerprint density at radius 1 is 1.30 bits per heavy atom. The maximum Gasteiger partial charge on any atom is 0.237 e. The van der Waals surface area contributed by atoms with Gasteiger partial charge in [-0.3, -0.25) is 19.2 Å². The van der Waals surface area contributed by atoms with E-state index in [-0.39, 0.29) is 30.3 Å². The predicted octanol–water partition coefficient (Wildman–Crippen LogP) is 1.89. The molecular weight excluding hydrogens is 342 g/mol. The van der Waals surface area contributed by atoms with Crippen molar-refractivity contribution >= 4 is 11.8 Å². The molecule has 1 aromatic heterocycles. The highest BCUT2D eigenvalue weighted by atomic mass is 16.2. The lowest BCUT2D eigenvalue weighted by Gasteiger charge is -2.36. The third-order valence-electron chi connectivity index (χ3n) is 5.19. The van der Waals surface area contributed by atoms with Crippen molar-refractivity contribution in [3.63, 3.8) is 0 Å². The SMILES string of the molecule is Cc1nn(C(C)C)c(C)c1CN(C)C(=O)C[C@H]1C(=O)NCCN1CC(C)C. The van der Waals surface area contributed by atoms with Crippen LogP contribution in [0.5, 0.6) is 0 Å². The van der Waals surface area contributed by atoms with Gasteiger partial charge in [0, 0.05) is 50.5 Å². The van der Waals surface area contributed by atoms with Gasteiger partial charge in [0.15, 0.2) is 0 Å². The molecule has 0 spiro atoms. The predicted molar refractivity (Wildman–Crippen MR) is 106 cm³/mol. The van der Waals surface area contributed by atoms with Crippen LogP contribution >= 0.6 is 0 Å². The standard InChI is InChI=1S/C20H35N5O2/c1-13(2)11-24-9-8-21-20(27)18(24)10-19(26)23(7)12-17-15(5)22-25(14(3)4)16(17)6/h13-14,18H,8-12H2,1-7H3,(H,21,27)/t18-/m0/s1. The molecule has 2 heterocycles. The van der Waals surface area contributed by atoms with Crippen molar-refractivity contribution in [3.05, 3.63) is 17.0 Å². The zero-order valence-corrected chi connectivity index (χ0v) is 17.9. The van der Waals surface area contributed by atoms with Gasteiger partial charge in [-0.2, -0.15) is 5.10 Å². The van der Waals surface area contributed by atoms with Crippen LogP contribution in [-0.2, 0) is 16.1 Å². The number of carbonyl (C=O) groups is 2. The van der Waals surface area contributed by atoms with Gasteiger partial charge in [-0.1, -0.05) is 13.8 Å². The summed E-state index contributed by atoms with van der Waals surface area (Å²) in [6.45, 7) is 15.3. The Balaban J connectivity index is 2.07. The number of aromatic nitrogens is 2. The zero-order valence-electron chi connectivity index (χ0n) is 17.9. The Hall–Kier alpha value is -1.89. The molecule has 1 fully saturated rings. The third kappa shape index (κ3) is 5.09. The van der Waals surface area contributed by atoms with Crippen LogP contribution in [0.2, 0.25) is 0 Å². The Morgan fingerprint density at radius 2 is 1.96 bits per heavy atom. The van der Waals surface area contributed by atoms with Gasteiger partial charge in [0.2, 0.25) is 11.8 Å². The number of nitrogens with one attached hydrogen (secondary N) is 1. The van der Waals surface area contributed by atoms with E-state index in [9.17, 15) is 9.59 Å². The molecule has 7 nitrogen and oxygen atoms in total. The van der Waals surface area contributed by atoms with Gasteiger partial charge in [-0.05, 0) is 33.6 Å². The van der Waals surface area contributed by atoms with Gasteiger partial charge in [-0.25, -0.2) is 0 Å². The van der Waals surface area contributed by atoms with Crippen molar-refractivity contribution in [1.82, 2.24) is 24.9 Å². The molecule has 1 aliphatic heterocycles. The summed E-state index contributed by atoms with van der Waals surface area (Å²) < 4.78 is 2.00. The lowest BCUT2D eigenvalue weighted by atomic mass is 10.1. The summed E-state index contributed by atoms with van der Waals surface area (Å²) in [4.78, 5) is 29.1. The smallest absolute Gasteiger partial charge is 0.237 e. The van der Waals surface area contributed by atoms with E-state index in [1.165, 1.54) is 0 Å². The summed E-state index contributed by atoms with van der Waals surface area (Å²) in [6.07, 6.45) is 0.214. The van der Waals surface area contributed by atoms with Crippen LogP contribution in [-0.4, -0.2) is 64.1 Å². The average molecular weight is 378 g/mol. The summed E-state index contributed by atoms with van der Waals surface area (Å²) in [5.41, 5.74) is 3.14. The summed E-state index contributed by atoms with van der Waals surface area (Å²) in [5, 5.41) is 7.50. The maximum atomic E-state index is 12.8. The third-order valence-corrected chi connectivity index (χ3v) is 5.19. The fourth-order valence-corrected chi connectivity index (χ4v) is 3.75. The molecule has 1 N–H and O–H groups in total. The lowest BCUT2D eigenvalue weighted by molar-refractivity contribution is -0.138. The van der Waals surface area contributed by atoms with Crippen molar-refractivity contribution in [3.8, 4) is 0 Å². The molecule has 0 radical (unpaired) electrons. The molecule has 7 heteroatoms. The van der Waals surface area contributed by atoms with E-state index in [2.05, 4.69) is 43.0 Å². The number of amides is 2. The van der Waals surface area contributed by atoms with Crippen LogP contribution < -0.4 is 5.32 Å². The molecule has 0 aliphatic carbocycles. The first-order chi connectivity index (χ1) is 12.6. The highest BCUT2D eigenvalue weighted by molar-refractivity contribution is 5.88. The molecule has 1 saturated heterocycles. The monoisotopic (exact) mass is 377 g/mol. The van der Waals surface area contributed by atoms with Crippen LogP contribution in [0.25, 0.3) is 0 Å². The van der Waals surface area contributed by atoms with Gasteiger partial charge >= 0.3 is 0 Å². The summed E-state index contributed by atoms with van der Waals surface area (Å²) >= 11 is 0. The van der Waals surface area contributed by atoms with Gasteiger partial charge in [-0.15, -0.1) is 0 Å². The van der Waals surface area contributed by atoms with Gasteiger partial charge < -0.3 is 10.2 Å². The first kappa shape index (κ1) is 21.4. The van der Waals surface area contributed by atoms with Crippen LogP contribution in [0.15, 0.2) is 0 Å². The number of hydrogen-bond donors (Lipinski definition) is 1. The first-order valence-electron chi connectivity index (χ1n) is 9.92. The summed E-state index contributed by atoms with van der Waals surface area (Å²) in [6, 6.07) is -0.0920. The summed E-state index contributed by atoms with van der Waals surface area (Å²) in [7, 11) is 1.81. The van der Waals surface area contributed by atoms with E-state index in [4.69, 9.17) is 0 Å². The first-order valence-corrected chi connectivity index (χ1v) is 9.92. The van der Waals surface area contributed by atoms with Crippen LogP contribution in [0.1, 0.15) is 57.1 Å². The van der Waals surface area contributed by atoms with Gasteiger partial charge in [0.25, 0.3) is 0 Å². The van der Waals surface area contributed by atoms with Crippen molar-refractivity contribution in [2.75, 3.05) is 26.7 Å². The number of carbonyl (C=O) groups excluding carboxylic acids is 2. The van der Waals surface area contributed by atoms with E-state index in [1.807, 2.05) is 18.5 Å². The van der Waals surface area contributed by atoms with Gasteiger partial charge in [0.1, 0.15) is 0 Å². The van der Waals surface area contributed by atoms with E-state index in [1.54, 1.807) is 11.9 Å². The van der Waals surface area contributed by atoms with Crippen molar-refractivity contribution in [2.24, 2.45) is 5.92 Å². The Kier molecular flexibility index (Phi) is 7.03. The summed E-state index contributed by atoms with van der Waals surface area (Å²) in [5.74, 6) is 0.406. The normalized spacial score (nSPS) is 18.3. The highest BCUT2D eigenvalue weighted by Gasteiger charge is 2.32. The van der Waals surface area contributed by atoms with E-state index >= 15 is 0 Å². The number of aryl methyl sites for hydroxylation is 1. The van der Waals surface area contributed by atoms with Crippen LogP contribution in [0, 0.1) is 19.8 Å². The quantitative estimate of drug-likeness (QED) is 0.788. The zero-order chi connectivity index (χ0) is 20.3.